The number of rotatable bonds is 3. The van der Waals surface area contributed by atoms with Gasteiger partial charge in [-0.1, -0.05) is 12.1 Å². The Balaban J connectivity index is 1.83. The van der Waals surface area contributed by atoms with Gasteiger partial charge in [0, 0.05) is 36.4 Å². The van der Waals surface area contributed by atoms with E-state index in [9.17, 15) is 4.79 Å². The number of benzene rings is 1. The molecule has 0 bridgehead atoms. The summed E-state index contributed by atoms with van der Waals surface area (Å²) in [5, 5.41) is 0.987. The van der Waals surface area contributed by atoms with E-state index in [0.29, 0.717) is 12.4 Å². The second-order valence-electron chi connectivity index (χ2n) is 5.96. The number of aromatic nitrogens is 3. The minimum absolute atomic E-state index is 0.122. The molecule has 6 nitrogen and oxygen atoms in total. The third-order valence-corrected chi connectivity index (χ3v) is 4.41. The van der Waals surface area contributed by atoms with Gasteiger partial charge in [0.25, 0.3) is 0 Å². The van der Waals surface area contributed by atoms with Crippen LogP contribution in [-0.2, 0) is 4.79 Å². The molecule has 3 heterocycles. The Morgan fingerprint density at radius 2 is 1.92 bits per heavy atom. The van der Waals surface area contributed by atoms with Gasteiger partial charge in [-0.3, -0.25) is 9.78 Å². The van der Waals surface area contributed by atoms with E-state index in [1.807, 2.05) is 36.4 Å². The Morgan fingerprint density at radius 1 is 1.12 bits per heavy atom. The number of carbonyl (C=O) groups is 1. The van der Waals surface area contributed by atoms with E-state index in [0.717, 1.165) is 35.2 Å². The van der Waals surface area contributed by atoms with Crippen molar-refractivity contribution in [2.45, 2.75) is 6.42 Å². The molecule has 1 saturated heterocycles. The summed E-state index contributed by atoms with van der Waals surface area (Å²) in [6, 6.07) is 11.7. The maximum absolute atomic E-state index is 11.5. The largest absolute Gasteiger partial charge is 0.369 e. The first-order valence-corrected chi connectivity index (χ1v) is 7.94. The number of hydrogen-bond acceptors (Lipinski definition) is 5. The smallest absolute Gasteiger partial charge is 0.222 e. The molecule has 3 aromatic rings. The molecule has 0 radical (unpaired) electrons. The number of fused-ring (bicyclic) bond motifs is 1. The molecule has 2 aromatic heterocycles. The SMILES string of the molecule is NC(=O)[C@@H]1CCN(c2nc(-c3ccncc3)nc3ccccc23)C1. The lowest BCUT2D eigenvalue weighted by Crippen LogP contribution is -2.28. The summed E-state index contributed by atoms with van der Waals surface area (Å²) in [6.07, 6.45) is 4.22. The van der Waals surface area contributed by atoms with Gasteiger partial charge in [0.15, 0.2) is 5.82 Å². The van der Waals surface area contributed by atoms with Crippen molar-refractivity contribution >= 4 is 22.6 Å². The van der Waals surface area contributed by atoms with Gasteiger partial charge >= 0.3 is 0 Å². The summed E-state index contributed by atoms with van der Waals surface area (Å²) in [6.45, 7) is 1.37. The fourth-order valence-electron chi connectivity index (χ4n) is 3.12. The monoisotopic (exact) mass is 319 g/mol. The molecule has 0 aliphatic carbocycles. The molecular weight excluding hydrogens is 302 g/mol. The minimum atomic E-state index is -0.245. The minimum Gasteiger partial charge on any atom is -0.369 e. The molecule has 4 rings (SSSR count). The number of nitrogens with two attached hydrogens (primary N) is 1. The van der Waals surface area contributed by atoms with Crippen LogP contribution in [0.2, 0.25) is 0 Å². The summed E-state index contributed by atoms with van der Waals surface area (Å²) < 4.78 is 0. The van der Waals surface area contributed by atoms with Crippen molar-refractivity contribution in [3.8, 4) is 11.4 Å². The quantitative estimate of drug-likeness (QED) is 0.798. The summed E-state index contributed by atoms with van der Waals surface area (Å²) in [4.78, 5) is 27.1. The lowest BCUT2D eigenvalue weighted by atomic mass is 10.1. The molecule has 0 unspecified atom stereocenters. The number of carbonyl (C=O) groups excluding carboxylic acids is 1. The standard InChI is InChI=1S/C18H17N5O/c19-16(24)13-7-10-23(11-13)18-14-3-1-2-4-15(14)21-17(22-18)12-5-8-20-9-6-12/h1-6,8-9,13H,7,10-11H2,(H2,19,24)/t13-/m1/s1. The highest BCUT2D eigenvalue weighted by Gasteiger charge is 2.28. The van der Waals surface area contributed by atoms with Crippen molar-refractivity contribution in [1.29, 1.82) is 0 Å². The zero-order valence-corrected chi connectivity index (χ0v) is 13.1. The van der Waals surface area contributed by atoms with E-state index < -0.39 is 0 Å². The highest BCUT2D eigenvalue weighted by atomic mass is 16.1. The molecule has 0 spiro atoms. The number of hydrogen-bond donors (Lipinski definition) is 1. The Bertz CT molecular complexity index is 896. The van der Waals surface area contributed by atoms with Crippen LogP contribution >= 0.6 is 0 Å². The van der Waals surface area contributed by atoms with Gasteiger partial charge in [-0.2, -0.15) is 0 Å². The molecule has 1 fully saturated rings. The number of nitrogens with zero attached hydrogens (tertiary/aromatic N) is 4. The normalized spacial score (nSPS) is 17.3. The third kappa shape index (κ3) is 2.56. The second kappa shape index (κ2) is 5.88. The molecule has 1 aliphatic rings. The Labute approximate surface area is 139 Å². The number of primary amides is 1. The van der Waals surface area contributed by atoms with Crippen LogP contribution in [0, 0.1) is 5.92 Å². The van der Waals surface area contributed by atoms with Gasteiger partial charge < -0.3 is 10.6 Å². The molecule has 6 heteroatoms. The molecule has 0 saturated carbocycles. The number of pyridine rings is 1. The zero-order valence-electron chi connectivity index (χ0n) is 13.1. The molecule has 1 aromatic carbocycles. The van der Waals surface area contributed by atoms with Crippen molar-refractivity contribution in [2.24, 2.45) is 11.7 Å². The van der Waals surface area contributed by atoms with E-state index in [4.69, 9.17) is 10.7 Å². The van der Waals surface area contributed by atoms with E-state index in [-0.39, 0.29) is 11.8 Å². The topological polar surface area (TPSA) is 85.0 Å². The van der Waals surface area contributed by atoms with E-state index in [1.165, 1.54) is 0 Å². The fraction of sp³-hybridized carbons (Fsp3) is 0.222. The molecule has 24 heavy (non-hydrogen) atoms. The van der Waals surface area contributed by atoms with Crippen molar-refractivity contribution < 1.29 is 4.79 Å². The van der Waals surface area contributed by atoms with Crippen LogP contribution in [0.3, 0.4) is 0 Å². The average Bonchev–Trinajstić information content (AvgIpc) is 3.12. The zero-order chi connectivity index (χ0) is 16.5. The summed E-state index contributed by atoms with van der Waals surface area (Å²) in [5.41, 5.74) is 7.27. The molecule has 1 aliphatic heterocycles. The van der Waals surface area contributed by atoms with Crippen LogP contribution in [0.25, 0.3) is 22.3 Å². The van der Waals surface area contributed by atoms with E-state index in [2.05, 4.69) is 14.9 Å². The van der Waals surface area contributed by atoms with Crippen LogP contribution in [0.4, 0.5) is 5.82 Å². The molecule has 120 valence electrons. The predicted molar refractivity (Wildman–Crippen MR) is 92.3 cm³/mol. The third-order valence-electron chi connectivity index (χ3n) is 4.41. The Morgan fingerprint density at radius 3 is 2.67 bits per heavy atom. The lowest BCUT2D eigenvalue weighted by molar-refractivity contribution is -0.121. The molecule has 1 amide bonds. The van der Waals surface area contributed by atoms with Gasteiger partial charge in [-0.15, -0.1) is 0 Å². The van der Waals surface area contributed by atoms with Crippen LogP contribution in [0.5, 0.6) is 0 Å². The maximum atomic E-state index is 11.5. The summed E-state index contributed by atoms with van der Waals surface area (Å²) in [5.74, 6) is 1.15. The van der Waals surface area contributed by atoms with Gasteiger partial charge in [0.1, 0.15) is 5.82 Å². The molecule has 1 atom stereocenters. The number of para-hydroxylation sites is 1. The summed E-state index contributed by atoms with van der Waals surface area (Å²) in [7, 11) is 0. The lowest BCUT2D eigenvalue weighted by Gasteiger charge is -2.20. The molecular formula is C18H17N5O. The second-order valence-corrected chi connectivity index (χ2v) is 5.96. The predicted octanol–water partition coefficient (Wildman–Crippen LogP) is 2.00. The maximum Gasteiger partial charge on any atom is 0.222 e. The highest BCUT2D eigenvalue weighted by Crippen LogP contribution is 2.30. The first-order chi connectivity index (χ1) is 11.7. The van der Waals surface area contributed by atoms with Gasteiger partial charge in [0.05, 0.1) is 11.4 Å². The number of anilines is 1. The van der Waals surface area contributed by atoms with E-state index >= 15 is 0 Å². The van der Waals surface area contributed by atoms with Crippen LogP contribution in [-0.4, -0.2) is 33.9 Å². The van der Waals surface area contributed by atoms with Crippen molar-refractivity contribution in [3.05, 3.63) is 48.8 Å². The first kappa shape index (κ1) is 14.6. The van der Waals surface area contributed by atoms with Crippen molar-refractivity contribution in [3.63, 3.8) is 0 Å². The van der Waals surface area contributed by atoms with E-state index in [1.54, 1.807) is 12.4 Å². The van der Waals surface area contributed by atoms with Crippen LogP contribution in [0.1, 0.15) is 6.42 Å². The molecule has 2 N–H and O–H groups in total. The average molecular weight is 319 g/mol. The van der Waals surface area contributed by atoms with Gasteiger partial charge in [-0.25, -0.2) is 9.97 Å². The Hall–Kier alpha value is -3.02. The van der Waals surface area contributed by atoms with Gasteiger partial charge in [0.2, 0.25) is 5.91 Å². The highest BCUT2D eigenvalue weighted by molar-refractivity contribution is 5.91. The number of amides is 1. The first-order valence-electron chi connectivity index (χ1n) is 7.94. The fourth-order valence-corrected chi connectivity index (χ4v) is 3.12. The Kier molecular flexibility index (Phi) is 3.57. The summed E-state index contributed by atoms with van der Waals surface area (Å²) >= 11 is 0. The van der Waals surface area contributed by atoms with Crippen LogP contribution in [0.15, 0.2) is 48.8 Å². The van der Waals surface area contributed by atoms with Crippen molar-refractivity contribution in [1.82, 2.24) is 15.0 Å². The van der Waals surface area contributed by atoms with Gasteiger partial charge in [-0.05, 0) is 30.7 Å². The van der Waals surface area contributed by atoms with Crippen LogP contribution < -0.4 is 10.6 Å². The van der Waals surface area contributed by atoms with Crippen molar-refractivity contribution in [2.75, 3.05) is 18.0 Å².